The van der Waals surface area contributed by atoms with Crippen molar-refractivity contribution < 1.29 is 14.3 Å². The predicted molar refractivity (Wildman–Crippen MR) is 103 cm³/mol. The lowest BCUT2D eigenvalue weighted by Crippen LogP contribution is -2.06. The van der Waals surface area contributed by atoms with E-state index in [1.807, 2.05) is 0 Å². The molecule has 146 valence electrons. The summed E-state index contributed by atoms with van der Waals surface area (Å²) in [5.74, 6) is -0.795. The fourth-order valence-electron chi connectivity index (χ4n) is 3.68. The molecule has 0 unspecified atom stereocenters. The molecular formula is C22H40O3. The van der Waals surface area contributed by atoms with E-state index >= 15 is 0 Å². The quantitative estimate of drug-likeness (QED) is 0.166. The van der Waals surface area contributed by atoms with Gasteiger partial charge < -0.3 is 4.74 Å². The molecular weight excluding hydrogens is 312 g/mol. The zero-order valence-corrected chi connectivity index (χ0v) is 16.5. The third kappa shape index (κ3) is 12.2. The molecule has 1 rings (SSSR count). The van der Waals surface area contributed by atoms with Gasteiger partial charge in [0.15, 0.2) is 0 Å². The maximum Gasteiger partial charge on any atom is 0.317 e. The first-order valence-electron chi connectivity index (χ1n) is 11.0. The van der Waals surface area contributed by atoms with Gasteiger partial charge in [-0.1, -0.05) is 110 Å². The summed E-state index contributed by atoms with van der Waals surface area (Å²) in [7, 11) is 0. The summed E-state index contributed by atoms with van der Waals surface area (Å²) in [6.07, 6.45) is 22.8. The van der Waals surface area contributed by atoms with E-state index in [1.54, 1.807) is 0 Å². The van der Waals surface area contributed by atoms with Crippen LogP contribution in [0.3, 0.4) is 0 Å². The van der Waals surface area contributed by atoms with Crippen molar-refractivity contribution in [2.24, 2.45) is 5.92 Å². The molecule has 0 N–H and O–H groups in total. The van der Waals surface area contributed by atoms with Crippen LogP contribution < -0.4 is 0 Å². The minimum atomic E-state index is -0.341. The lowest BCUT2D eigenvalue weighted by molar-refractivity contribution is -0.153. The molecule has 0 aromatic heterocycles. The second kappa shape index (κ2) is 15.4. The number of carbonyl (C=O) groups is 2. The number of ether oxygens (including phenoxy) is 1. The summed E-state index contributed by atoms with van der Waals surface area (Å²) in [5.41, 5.74) is 0. The Morgan fingerprint density at radius 2 is 1.08 bits per heavy atom. The Hall–Kier alpha value is -0.860. The fraction of sp³-hybridized carbons (Fsp3) is 0.909. The number of hydrogen-bond acceptors (Lipinski definition) is 3. The zero-order valence-electron chi connectivity index (χ0n) is 16.5. The van der Waals surface area contributed by atoms with Crippen molar-refractivity contribution in [1.29, 1.82) is 0 Å². The average Bonchev–Trinajstić information content (AvgIpc) is 2.92. The van der Waals surface area contributed by atoms with Crippen molar-refractivity contribution in [2.75, 3.05) is 0 Å². The number of esters is 2. The van der Waals surface area contributed by atoms with Gasteiger partial charge in [0, 0.05) is 0 Å². The van der Waals surface area contributed by atoms with Gasteiger partial charge in [-0.15, -0.1) is 0 Å². The number of hydrogen-bond donors (Lipinski definition) is 0. The third-order valence-corrected chi connectivity index (χ3v) is 5.37. The van der Waals surface area contributed by atoms with Gasteiger partial charge in [-0.05, 0) is 6.42 Å². The summed E-state index contributed by atoms with van der Waals surface area (Å²) in [4.78, 5) is 22.3. The molecule has 0 spiro atoms. The van der Waals surface area contributed by atoms with Gasteiger partial charge in [0.2, 0.25) is 0 Å². The first kappa shape index (κ1) is 22.2. The molecule has 1 aliphatic heterocycles. The largest absolute Gasteiger partial charge is 0.393 e. The van der Waals surface area contributed by atoms with Crippen LogP contribution in [0.4, 0.5) is 0 Å². The van der Waals surface area contributed by atoms with Gasteiger partial charge in [-0.2, -0.15) is 0 Å². The van der Waals surface area contributed by atoms with E-state index in [2.05, 4.69) is 11.7 Å². The van der Waals surface area contributed by atoms with E-state index < -0.39 is 0 Å². The third-order valence-electron chi connectivity index (χ3n) is 5.37. The molecule has 1 saturated heterocycles. The number of unbranched alkanes of at least 4 members (excludes halogenated alkanes) is 15. The summed E-state index contributed by atoms with van der Waals surface area (Å²) in [5, 5.41) is 0. The molecule has 1 atom stereocenters. The summed E-state index contributed by atoms with van der Waals surface area (Å²) < 4.78 is 4.58. The highest BCUT2D eigenvalue weighted by Crippen LogP contribution is 2.22. The SMILES string of the molecule is CCCCCCCCCCCCCCCCCC[C@H]1CC(=O)OC1=O. The normalized spacial score (nSPS) is 17.2. The van der Waals surface area contributed by atoms with Crippen molar-refractivity contribution in [3.05, 3.63) is 0 Å². The van der Waals surface area contributed by atoms with E-state index in [-0.39, 0.29) is 17.9 Å². The molecule has 0 aromatic carbocycles. The van der Waals surface area contributed by atoms with Gasteiger partial charge in [-0.3, -0.25) is 9.59 Å². The molecule has 0 radical (unpaired) electrons. The lowest BCUT2D eigenvalue weighted by Gasteiger charge is -2.05. The molecule has 0 amide bonds. The molecule has 0 aliphatic carbocycles. The van der Waals surface area contributed by atoms with Crippen LogP contribution in [0.2, 0.25) is 0 Å². The van der Waals surface area contributed by atoms with Crippen LogP contribution in [0.15, 0.2) is 0 Å². The van der Waals surface area contributed by atoms with Gasteiger partial charge in [0.1, 0.15) is 0 Å². The van der Waals surface area contributed by atoms with E-state index in [0.717, 1.165) is 12.8 Å². The standard InChI is InChI=1S/C22H40O3/c1-2-3-4-5-6-7-8-9-10-11-12-13-14-15-16-17-18-20-19-21(23)25-22(20)24/h20H,2-19H2,1H3/t20-/m0/s1. The molecule has 1 fully saturated rings. The fourth-order valence-corrected chi connectivity index (χ4v) is 3.68. The topological polar surface area (TPSA) is 43.4 Å². The van der Waals surface area contributed by atoms with Crippen LogP contribution >= 0.6 is 0 Å². The van der Waals surface area contributed by atoms with E-state index in [0.29, 0.717) is 6.42 Å². The Balaban J connectivity index is 1.72. The highest BCUT2D eigenvalue weighted by atomic mass is 16.6. The Kier molecular flexibility index (Phi) is 13.7. The zero-order chi connectivity index (χ0) is 18.2. The number of rotatable bonds is 17. The molecule has 0 saturated carbocycles. The van der Waals surface area contributed by atoms with Crippen molar-refractivity contribution in [3.8, 4) is 0 Å². The van der Waals surface area contributed by atoms with Crippen molar-refractivity contribution in [1.82, 2.24) is 0 Å². The van der Waals surface area contributed by atoms with Crippen LogP contribution in [-0.2, 0) is 14.3 Å². The highest BCUT2D eigenvalue weighted by Gasteiger charge is 2.32. The summed E-state index contributed by atoms with van der Waals surface area (Å²) in [6.45, 7) is 2.28. The molecule has 1 heterocycles. The average molecular weight is 353 g/mol. The molecule has 1 aliphatic rings. The maximum absolute atomic E-state index is 11.3. The van der Waals surface area contributed by atoms with Gasteiger partial charge in [-0.25, -0.2) is 0 Å². The van der Waals surface area contributed by atoms with Crippen LogP contribution in [0.1, 0.15) is 122 Å². The van der Waals surface area contributed by atoms with Gasteiger partial charge in [0.05, 0.1) is 12.3 Å². The number of cyclic esters (lactones) is 2. The summed E-state index contributed by atoms with van der Waals surface area (Å²) >= 11 is 0. The van der Waals surface area contributed by atoms with Crippen LogP contribution in [-0.4, -0.2) is 11.9 Å². The van der Waals surface area contributed by atoms with Crippen molar-refractivity contribution in [2.45, 2.75) is 122 Å². The maximum atomic E-state index is 11.3. The molecule has 0 aromatic rings. The second-order valence-corrected chi connectivity index (χ2v) is 7.79. The van der Waals surface area contributed by atoms with Crippen molar-refractivity contribution in [3.63, 3.8) is 0 Å². The van der Waals surface area contributed by atoms with E-state index in [4.69, 9.17) is 0 Å². The second-order valence-electron chi connectivity index (χ2n) is 7.79. The smallest absolute Gasteiger partial charge is 0.317 e. The van der Waals surface area contributed by atoms with Crippen LogP contribution in [0, 0.1) is 5.92 Å². The van der Waals surface area contributed by atoms with Crippen molar-refractivity contribution >= 4 is 11.9 Å². The first-order valence-corrected chi connectivity index (χ1v) is 11.0. The summed E-state index contributed by atoms with van der Waals surface area (Å²) in [6, 6.07) is 0. The molecule has 0 bridgehead atoms. The van der Waals surface area contributed by atoms with E-state index in [1.165, 1.54) is 96.3 Å². The minimum absolute atomic E-state index is 0.154. The Morgan fingerprint density at radius 1 is 0.680 bits per heavy atom. The molecule has 3 nitrogen and oxygen atoms in total. The van der Waals surface area contributed by atoms with Crippen LogP contribution in [0.25, 0.3) is 0 Å². The molecule has 3 heteroatoms. The van der Waals surface area contributed by atoms with Crippen LogP contribution in [0.5, 0.6) is 0 Å². The Bertz CT molecular complexity index is 351. The van der Waals surface area contributed by atoms with Gasteiger partial charge >= 0.3 is 11.9 Å². The molecule has 25 heavy (non-hydrogen) atoms. The van der Waals surface area contributed by atoms with Gasteiger partial charge in [0.25, 0.3) is 0 Å². The highest BCUT2D eigenvalue weighted by molar-refractivity contribution is 5.94. The minimum Gasteiger partial charge on any atom is -0.393 e. The first-order chi connectivity index (χ1) is 12.2. The Labute approximate surface area is 155 Å². The monoisotopic (exact) mass is 352 g/mol. The number of carbonyl (C=O) groups excluding carboxylic acids is 2. The predicted octanol–water partition coefficient (Wildman–Crippen LogP) is 6.73. The van der Waals surface area contributed by atoms with E-state index in [9.17, 15) is 9.59 Å². The Morgan fingerprint density at radius 3 is 1.44 bits per heavy atom. The lowest BCUT2D eigenvalue weighted by atomic mass is 9.98.